The molecule has 36 heavy (non-hydrogen) atoms. The van der Waals surface area contributed by atoms with Gasteiger partial charge in [0.1, 0.15) is 24.4 Å². The van der Waals surface area contributed by atoms with Gasteiger partial charge in [-0.15, -0.1) is 0 Å². The van der Waals surface area contributed by atoms with Gasteiger partial charge in [0.25, 0.3) is 0 Å². The van der Waals surface area contributed by atoms with Gasteiger partial charge in [-0.05, 0) is 66.1 Å². The van der Waals surface area contributed by atoms with E-state index in [0.29, 0.717) is 41.6 Å². The number of hydrogen-bond acceptors (Lipinski definition) is 8. The van der Waals surface area contributed by atoms with Crippen LogP contribution in [0.1, 0.15) is 19.3 Å². The van der Waals surface area contributed by atoms with Gasteiger partial charge in [-0.25, -0.2) is 9.97 Å². The largest absolute Gasteiger partial charge is 0.493 e. The van der Waals surface area contributed by atoms with Crippen molar-refractivity contribution in [3.63, 3.8) is 0 Å². The van der Waals surface area contributed by atoms with Crippen molar-refractivity contribution < 1.29 is 18.9 Å². The second-order valence-corrected chi connectivity index (χ2v) is 10.7. The summed E-state index contributed by atoms with van der Waals surface area (Å²) in [7, 11) is 1.63. The summed E-state index contributed by atoms with van der Waals surface area (Å²) in [6.45, 7) is 3.41. The number of benzene rings is 2. The van der Waals surface area contributed by atoms with Gasteiger partial charge in [-0.1, -0.05) is 18.0 Å². The van der Waals surface area contributed by atoms with E-state index in [1.54, 1.807) is 7.11 Å². The van der Waals surface area contributed by atoms with Crippen molar-refractivity contribution in [3.8, 4) is 11.5 Å². The number of hydrogen-bond donors (Lipinski definition) is 1. The molecule has 3 aromatic rings. The summed E-state index contributed by atoms with van der Waals surface area (Å²) < 4.78 is 25.4. The van der Waals surface area contributed by atoms with Crippen LogP contribution in [0.25, 0.3) is 10.9 Å². The molecule has 3 fully saturated rings. The Kier molecular flexibility index (Phi) is 6.92. The number of nitrogens with zero attached hydrogens (tertiary/aromatic N) is 3. The first-order valence-corrected chi connectivity index (χ1v) is 13.5. The fraction of sp³-hybridized carbons (Fsp3) is 0.462. The first-order chi connectivity index (χ1) is 17.6. The van der Waals surface area contributed by atoms with E-state index in [2.05, 4.69) is 36.1 Å². The van der Waals surface area contributed by atoms with Gasteiger partial charge in [0.05, 0.1) is 36.9 Å². The molecular formula is C26H28BrClN4O4. The van der Waals surface area contributed by atoms with Crippen LogP contribution < -0.4 is 14.8 Å². The Morgan fingerprint density at radius 3 is 2.67 bits per heavy atom. The van der Waals surface area contributed by atoms with Crippen LogP contribution in [0.2, 0.25) is 5.02 Å². The third-order valence-corrected chi connectivity index (χ3v) is 8.46. The molecule has 0 radical (unpaired) electrons. The number of likely N-dealkylation sites (tertiary alicyclic amines) is 1. The molecule has 1 aromatic heterocycles. The van der Waals surface area contributed by atoms with Gasteiger partial charge in [0, 0.05) is 21.6 Å². The number of halogens is 2. The lowest BCUT2D eigenvalue weighted by molar-refractivity contribution is 0.0192. The fourth-order valence-corrected chi connectivity index (χ4v) is 5.82. The first-order valence-electron chi connectivity index (χ1n) is 12.3. The molecule has 3 aliphatic heterocycles. The van der Waals surface area contributed by atoms with Crippen LogP contribution in [0.15, 0.2) is 41.1 Å². The van der Waals surface area contributed by atoms with E-state index >= 15 is 0 Å². The van der Waals surface area contributed by atoms with Crippen molar-refractivity contribution in [2.75, 3.05) is 38.7 Å². The second kappa shape index (κ2) is 10.3. The van der Waals surface area contributed by atoms with E-state index in [4.69, 9.17) is 30.5 Å². The number of aromatic nitrogens is 2. The van der Waals surface area contributed by atoms with Crippen molar-refractivity contribution in [1.82, 2.24) is 14.9 Å². The summed E-state index contributed by atoms with van der Waals surface area (Å²) in [5.41, 5.74) is 1.55. The Balaban J connectivity index is 1.23. The molecule has 4 heterocycles. The highest BCUT2D eigenvalue weighted by molar-refractivity contribution is 9.10. The number of anilines is 2. The Morgan fingerprint density at radius 2 is 1.86 bits per heavy atom. The maximum atomic E-state index is 6.45. The molecule has 0 bridgehead atoms. The molecule has 1 unspecified atom stereocenters. The Morgan fingerprint density at radius 1 is 1.03 bits per heavy atom. The maximum Gasteiger partial charge on any atom is 0.164 e. The van der Waals surface area contributed by atoms with Gasteiger partial charge >= 0.3 is 0 Å². The quantitative estimate of drug-likeness (QED) is 0.430. The van der Waals surface area contributed by atoms with Gasteiger partial charge in [0.2, 0.25) is 0 Å². The monoisotopic (exact) mass is 574 g/mol. The highest BCUT2D eigenvalue weighted by Gasteiger charge is 2.50. The summed E-state index contributed by atoms with van der Waals surface area (Å²) in [5, 5.41) is 4.75. The lowest BCUT2D eigenvalue weighted by Gasteiger charge is -2.33. The zero-order valence-electron chi connectivity index (χ0n) is 20.0. The maximum absolute atomic E-state index is 6.45. The molecule has 2 aromatic carbocycles. The second-order valence-electron chi connectivity index (χ2n) is 9.41. The van der Waals surface area contributed by atoms with E-state index in [1.165, 1.54) is 25.6 Å². The molecular weight excluding hydrogens is 548 g/mol. The highest BCUT2D eigenvalue weighted by Crippen LogP contribution is 2.39. The number of piperidine rings is 1. The van der Waals surface area contributed by atoms with E-state index in [9.17, 15) is 0 Å². The van der Waals surface area contributed by atoms with Crippen LogP contribution in [0.3, 0.4) is 0 Å². The summed E-state index contributed by atoms with van der Waals surface area (Å²) in [6.07, 6.45) is 5.06. The minimum atomic E-state index is -0.208. The lowest BCUT2D eigenvalue weighted by atomic mass is 10.0. The van der Waals surface area contributed by atoms with Gasteiger partial charge in [0.15, 0.2) is 17.6 Å². The van der Waals surface area contributed by atoms with E-state index in [1.807, 2.05) is 30.3 Å². The molecule has 0 amide bonds. The molecule has 0 spiro atoms. The van der Waals surface area contributed by atoms with Crippen molar-refractivity contribution in [2.45, 2.75) is 43.6 Å². The molecule has 3 aliphatic rings. The van der Waals surface area contributed by atoms with E-state index in [-0.39, 0.29) is 18.3 Å². The molecule has 0 aliphatic carbocycles. The number of methoxy groups -OCH3 is 1. The van der Waals surface area contributed by atoms with Crippen molar-refractivity contribution in [1.29, 1.82) is 0 Å². The molecule has 1 N–H and O–H groups in total. The third-order valence-electron chi connectivity index (χ3n) is 7.22. The number of rotatable bonds is 6. The van der Waals surface area contributed by atoms with Crippen molar-refractivity contribution >= 4 is 49.9 Å². The predicted octanol–water partition coefficient (Wildman–Crippen LogP) is 5.20. The molecule has 8 nitrogen and oxygen atoms in total. The van der Waals surface area contributed by atoms with Crippen LogP contribution in [0.4, 0.5) is 11.5 Å². The summed E-state index contributed by atoms with van der Waals surface area (Å²) in [6, 6.07) is 9.73. The van der Waals surface area contributed by atoms with Crippen LogP contribution in [-0.4, -0.2) is 72.6 Å². The van der Waals surface area contributed by atoms with Crippen LogP contribution >= 0.6 is 27.5 Å². The molecule has 10 heteroatoms. The number of fused-ring (bicyclic) bond motifs is 2. The van der Waals surface area contributed by atoms with Crippen LogP contribution in [0.5, 0.6) is 11.5 Å². The third kappa shape index (κ3) is 4.63. The average molecular weight is 576 g/mol. The Labute approximate surface area is 223 Å². The van der Waals surface area contributed by atoms with Gasteiger partial charge in [-0.2, -0.15) is 0 Å². The molecule has 6 rings (SSSR count). The molecule has 0 saturated carbocycles. The average Bonchev–Trinajstić information content (AvgIpc) is 3.49. The standard InChI is InChI=1S/C26H28BrClN4O4/c1-33-21-10-16-19(29-14-30-26(16)31-15-5-6-17(27)18(28)9-15)11-22(21)36-23-13-35-24-20(12-34-25(23)24)32-7-3-2-4-8-32/h5-6,9-11,14,20,23-25H,2-4,7-8,12-13H2,1H3,(H,29,30,31)/t20?,23-,24+,25+/m1/s1. The number of nitrogens with one attached hydrogen (secondary N) is 1. The topological polar surface area (TPSA) is 78.0 Å². The summed E-state index contributed by atoms with van der Waals surface area (Å²) in [4.78, 5) is 11.4. The fourth-order valence-electron chi connectivity index (χ4n) is 5.40. The van der Waals surface area contributed by atoms with E-state index in [0.717, 1.165) is 34.2 Å². The Hall–Kier alpha value is -2.17. The lowest BCUT2D eigenvalue weighted by Crippen LogP contribution is -2.47. The molecule has 3 saturated heterocycles. The SMILES string of the molecule is COc1cc2c(Nc3ccc(Br)c(Cl)c3)ncnc2cc1O[C@@H]1CO[C@H]2C(N3CCCCC3)CO[C@@H]12. The van der Waals surface area contributed by atoms with E-state index < -0.39 is 0 Å². The smallest absolute Gasteiger partial charge is 0.164 e. The normalized spacial score (nSPS) is 26.2. The van der Waals surface area contributed by atoms with Crippen LogP contribution in [0, 0.1) is 0 Å². The minimum Gasteiger partial charge on any atom is -0.493 e. The molecule has 4 atom stereocenters. The summed E-state index contributed by atoms with van der Waals surface area (Å²) in [5.74, 6) is 1.86. The summed E-state index contributed by atoms with van der Waals surface area (Å²) >= 11 is 9.68. The first kappa shape index (κ1) is 24.2. The van der Waals surface area contributed by atoms with Crippen LogP contribution in [-0.2, 0) is 9.47 Å². The van der Waals surface area contributed by atoms with Crippen molar-refractivity contribution in [3.05, 3.63) is 46.2 Å². The predicted molar refractivity (Wildman–Crippen MR) is 142 cm³/mol. The van der Waals surface area contributed by atoms with Gasteiger partial charge < -0.3 is 24.3 Å². The Bertz CT molecular complexity index is 1260. The zero-order chi connectivity index (χ0) is 24.6. The zero-order valence-corrected chi connectivity index (χ0v) is 22.3. The van der Waals surface area contributed by atoms with Crippen molar-refractivity contribution in [2.24, 2.45) is 0 Å². The number of ether oxygens (including phenoxy) is 4. The minimum absolute atomic E-state index is 0.0374. The molecule has 190 valence electrons. The van der Waals surface area contributed by atoms with Gasteiger partial charge in [-0.3, -0.25) is 4.90 Å². The highest BCUT2D eigenvalue weighted by atomic mass is 79.9.